The van der Waals surface area contributed by atoms with Gasteiger partial charge in [-0.05, 0) is 43.2 Å². The molecule has 108 valence electrons. The van der Waals surface area contributed by atoms with E-state index in [0.717, 1.165) is 11.1 Å². The van der Waals surface area contributed by atoms with Gasteiger partial charge in [-0.25, -0.2) is 0 Å². The molecule has 0 unspecified atom stereocenters. The Morgan fingerprint density at radius 3 is 2.24 bits per heavy atom. The molecule has 2 amide bonds. The first-order valence-electron chi connectivity index (χ1n) is 6.72. The number of carbonyl (C=O) groups excluding carboxylic acids is 2. The lowest BCUT2D eigenvalue weighted by Gasteiger charge is -2.15. The summed E-state index contributed by atoms with van der Waals surface area (Å²) in [6.07, 6.45) is 0. The Morgan fingerprint density at radius 1 is 0.952 bits per heavy atom. The van der Waals surface area contributed by atoms with Crippen LogP contribution in [0.25, 0.3) is 0 Å². The van der Waals surface area contributed by atoms with E-state index < -0.39 is 0 Å². The van der Waals surface area contributed by atoms with E-state index in [1.54, 1.807) is 12.1 Å². The van der Waals surface area contributed by atoms with E-state index in [2.05, 4.69) is 10.6 Å². The average molecular weight is 282 g/mol. The number of amides is 2. The highest BCUT2D eigenvalue weighted by Crippen LogP contribution is 2.28. The molecule has 0 aromatic heterocycles. The Morgan fingerprint density at radius 2 is 1.62 bits per heavy atom. The van der Waals surface area contributed by atoms with Crippen LogP contribution in [-0.2, 0) is 4.79 Å². The molecule has 2 aromatic carbocycles. The fourth-order valence-corrected chi connectivity index (χ4v) is 2.20. The van der Waals surface area contributed by atoms with E-state index >= 15 is 0 Å². The molecule has 0 bridgehead atoms. The van der Waals surface area contributed by atoms with E-state index in [9.17, 15) is 9.59 Å². The molecule has 4 heteroatoms. The lowest BCUT2D eigenvalue weighted by molar-refractivity contribution is -0.114. The third kappa shape index (κ3) is 3.69. The molecule has 0 aliphatic carbocycles. The first kappa shape index (κ1) is 14.8. The van der Waals surface area contributed by atoms with Gasteiger partial charge in [-0.2, -0.15) is 0 Å². The largest absolute Gasteiger partial charge is 0.325 e. The van der Waals surface area contributed by atoms with Crippen molar-refractivity contribution in [2.45, 2.75) is 20.8 Å². The van der Waals surface area contributed by atoms with Gasteiger partial charge in [-0.1, -0.05) is 24.3 Å². The average Bonchev–Trinajstić information content (AvgIpc) is 2.42. The molecule has 2 aromatic rings. The number of rotatable bonds is 3. The van der Waals surface area contributed by atoms with Crippen LogP contribution >= 0.6 is 0 Å². The van der Waals surface area contributed by atoms with E-state index in [4.69, 9.17) is 0 Å². The van der Waals surface area contributed by atoms with Crippen LogP contribution in [-0.4, -0.2) is 11.8 Å². The monoisotopic (exact) mass is 282 g/mol. The second kappa shape index (κ2) is 6.22. The first-order valence-corrected chi connectivity index (χ1v) is 6.72. The minimum absolute atomic E-state index is 0.171. The zero-order valence-electron chi connectivity index (χ0n) is 12.4. The van der Waals surface area contributed by atoms with E-state index in [1.807, 2.05) is 44.2 Å². The molecule has 0 heterocycles. The zero-order valence-corrected chi connectivity index (χ0v) is 12.4. The molecule has 0 fully saturated rings. The number of benzene rings is 2. The number of hydrogen-bond acceptors (Lipinski definition) is 2. The molecule has 0 spiro atoms. The van der Waals surface area contributed by atoms with Crippen molar-refractivity contribution in [3.05, 3.63) is 59.2 Å². The molecule has 0 saturated carbocycles. The summed E-state index contributed by atoms with van der Waals surface area (Å²) in [5, 5.41) is 5.63. The summed E-state index contributed by atoms with van der Waals surface area (Å²) < 4.78 is 0. The van der Waals surface area contributed by atoms with E-state index in [0.29, 0.717) is 16.9 Å². The lowest BCUT2D eigenvalue weighted by atomic mass is 10.1. The predicted molar refractivity (Wildman–Crippen MR) is 84.6 cm³/mol. The van der Waals surface area contributed by atoms with Gasteiger partial charge in [0.1, 0.15) is 0 Å². The summed E-state index contributed by atoms with van der Waals surface area (Å²) in [5.74, 6) is -0.371. The Kier molecular flexibility index (Phi) is 4.38. The molecule has 21 heavy (non-hydrogen) atoms. The van der Waals surface area contributed by atoms with Crippen molar-refractivity contribution < 1.29 is 9.59 Å². The second-order valence-electron chi connectivity index (χ2n) is 5.01. The topological polar surface area (TPSA) is 58.2 Å². The van der Waals surface area contributed by atoms with Crippen LogP contribution in [0.3, 0.4) is 0 Å². The van der Waals surface area contributed by atoms with Crippen LogP contribution < -0.4 is 10.6 Å². The van der Waals surface area contributed by atoms with Gasteiger partial charge < -0.3 is 10.6 Å². The van der Waals surface area contributed by atoms with Crippen LogP contribution in [0.5, 0.6) is 0 Å². The Bertz CT molecular complexity index is 679. The van der Waals surface area contributed by atoms with Gasteiger partial charge >= 0.3 is 0 Å². The molecule has 0 saturated heterocycles. The third-order valence-electron chi connectivity index (χ3n) is 3.07. The Balaban J connectivity index is 2.34. The smallest absolute Gasteiger partial charge is 0.255 e. The van der Waals surface area contributed by atoms with E-state index in [1.165, 1.54) is 6.92 Å². The lowest BCUT2D eigenvalue weighted by Crippen LogP contribution is -2.16. The van der Waals surface area contributed by atoms with Crippen LogP contribution in [0.1, 0.15) is 28.4 Å². The first-order chi connectivity index (χ1) is 9.97. The molecule has 2 N–H and O–H groups in total. The summed E-state index contributed by atoms with van der Waals surface area (Å²) >= 11 is 0. The molecule has 0 radical (unpaired) electrons. The van der Waals surface area contributed by atoms with Crippen LogP contribution in [0.4, 0.5) is 11.4 Å². The fourth-order valence-electron chi connectivity index (χ4n) is 2.20. The molecular weight excluding hydrogens is 264 g/mol. The molecular formula is C17H18N2O2. The number of carbonyl (C=O) groups is 2. The number of aryl methyl sites for hydroxylation is 2. The minimum atomic E-state index is -0.200. The maximum absolute atomic E-state index is 12.3. The van der Waals surface area contributed by atoms with Gasteiger partial charge in [0, 0.05) is 12.5 Å². The van der Waals surface area contributed by atoms with Crippen LogP contribution in [0.15, 0.2) is 42.5 Å². The van der Waals surface area contributed by atoms with Gasteiger partial charge in [-0.15, -0.1) is 0 Å². The summed E-state index contributed by atoms with van der Waals surface area (Å²) in [5.41, 5.74) is 3.75. The Hall–Kier alpha value is -2.62. The third-order valence-corrected chi connectivity index (χ3v) is 3.07. The maximum Gasteiger partial charge on any atom is 0.255 e. The standard InChI is InChI=1S/C17H18N2O2/c1-11-9-12(2)16(15(10-11)18-13(3)20)19-17(21)14-7-5-4-6-8-14/h4-10H,1-3H3,(H,18,20)(H,19,21). The van der Waals surface area contributed by atoms with Gasteiger partial charge in [0.2, 0.25) is 5.91 Å². The highest BCUT2D eigenvalue weighted by molar-refractivity contribution is 6.07. The highest BCUT2D eigenvalue weighted by Gasteiger charge is 2.12. The molecule has 2 rings (SSSR count). The van der Waals surface area contributed by atoms with E-state index in [-0.39, 0.29) is 11.8 Å². The second-order valence-corrected chi connectivity index (χ2v) is 5.01. The Labute approximate surface area is 124 Å². The van der Waals surface area contributed by atoms with Crippen molar-refractivity contribution in [2.24, 2.45) is 0 Å². The molecule has 4 nitrogen and oxygen atoms in total. The summed E-state index contributed by atoms with van der Waals surface area (Å²) in [6.45, 7) is 5.29. The van der Waals surface area contributed by atoms with Crippen molar-refractivity contribution in [2.75, 3.05) is 10.6 Å². The van der Waals surface area contributed by atoms with Gasteiger partial charge in [0.25, 0.3) is 5.91 Å². The highest BCUT2D eigenvalue weighted by atomic mass is 16.2. The number of anilines is 2. The summed E-state index contributed by atoms with van der Waals surface area (Å²) in [4.78, 5) is 23.6. The maximum atomic E-state index is 12.3. The molecule has 0 aliphatic rings. The zero-order chi connectivity index (χ0) is 15.4. The summed E-state index contributed by atoms with van der Waals surface area (Å²) in [7, 11) is 0. The van der Waals surface area contributed by atoms with Crippen LogP contribution in [0, 0.1) is 13.8 Å². The molecule has 0 atom stereocenters. The van der Waals surface area contributed by atoms with Gasteiger partial charge in [0.05, 0.1) is 11.4 Å². The molecule has 0 aliphatic heterocycles. The SMILES string of the molecule is CC(=O)Nc1cc(C)cc(C)c1NC(=O)c1ccccc1. The van der Waals surface area contributed by atoms with Crippen molar-refractivity contribution >= 4 is 23.2 Å². The quantitative estimate of drug-likeness (QED) is 0.905. The summed E-state index contributed by atoms with van der Waals surface area (Å²) in [6, 6.07) is 12.8. The van der Waals surface area contributed by atoms with Gasteiger partial charge in [-0.3, -0.25) is 9.59 Å². The number of nitrogens with one attached hydrogen (secondary N) is 2. The van der Waals surface area contributed by atoms with Crippen molar-refractivity contribution in [1.29, 1.82) is 0 Å². The van der Waals surface area contributed by atoms with Crippen molar-refractivity contribution in [1.82, 2.24) is 0 Å². The van der Waals surface area contributed by atoms with Crippen molar-refractivity contribution in [3.8, 4) is 0 Å². The number of hydrogen-bond donors (Lipinski definition) is 2. The predicted octanol–water partition coefficient (Wildman–Crippen LogP) is 3.51. The van der Waals surface area contributed by atoms with Crippen LogP contribution in [0.2, 0.25) is 0 Å². The van der Waals surface area contributed by atoms with Gasteiger partial charge in [0.15, 0.2) is 0 Å². The van der Waals surface area contributed by atoms with Crippen molar-refractivity contribution in [3.63, 3.8) is 0 Å². The normalized spacial score (nSPS) is 10.0. The minimum Gasteiger partial charge on any atom is -0.325 e. The fraction of sp³-hybridized carbons (Fsp3) is 0.176.